The Morgan fingerprint density at radius 1 is 1.04 bits per heavy atom. The summed E-state index contributed by atoms with van der Waals surface area (Å²) in [6.07, 6.45) is 7.02. The first-order valence-corrected chi connectivity index (χ1v) is 10.8. The minimum absolute atomic E-state index is 0.00897. The van der Waals surface area contributed by atoms with Crippen LogP contribution in [0.3, 0.4) is 0 Å². The van der Waals surface area contributed by atoms with Crippen molar-refractivity contribution in [1.82, 2.24) is 5.32 Å². The summed E-state index contributed by atoms with van der Waals surface area (Å²) in [5.41, 5.74) is 1.93. The monoisotopic (exact) mass is 383 g/mol. The SMILES string of the molecule is CC(C)(C)c1ccc(C[C@@H](NC(=O)C23CC4CC(CC(C4)C2)C3)C(=O)O)cc1. The second-order valence-corrected chi connectivity index (χ2v) is 10.7. The largest absolute Gasteiger partial charge is 0.480 e. The number of nitrogens with one attached hydrogen (secondary N) is 1. The van der Waals surface area contributed by atoms with E-state index in [1.807, 2.05) is 12.1 Å². The molecule has 4 heteroatoms. The molecule has 5 rings (SSSR count). The van der Waals surface area contributed by atoms with Gasteiger partial charge < -0.3 is 10.4 Å². The van der Waals surface area contributed by atoms with Crippen LogP contribution in [0.15, 0.2) is 24.3 Å². The van der Waals surface area contributed by atoms with Gasteiger partial charge in [-0.05, 0) is 72.8 Å². The summed E-state index contributed by atoms with van der Waals surface area (Å²) in [4.78, 5) is 25.1. The van der Waals surface area contributed by atoms with Crippen molar-refractivity contribution in [2.24, 2.45) is 23.2 Å². The molecular weight excluding hydrogens is 350 g/mol. The molecule has 0 aromatic heterocycles. The second-order valence-electron chi connectivity index (χ2n) is 10.7. The van der Waals surface area contributed by atoms with Crippen LogP contribution < -0.4 is 5.32 Å². The van der Waals surface area contributed by atoms with E-state index in [0.717, 1.165) is 24.8 Å². The van der Waals surface area contributed by atoms with E-state index in [1.54, 1.807) is 0 Å². The maximum atomic E-state index is 13.2. The lowest BCUT2D eigenvalue weighted by molar-refractivity contribution is -0.151. The predicted molar refractivity (Wildman–Crippen MR) is 109 cm³/mol. The van der Waals surface area contributed by atoms with Gasteiger partial charge in [0, 0.05) is 11.8 Å². The van der Waals surface area contributed by atoms with Gasteiger partial charge in [-0.1, -0.05) is 45.0 Å². The number of carboxylic acid groups (broad SMARTS) is 1. The van der Waals surface area contributed by atoms with Crippen molar-refractivity contribution < 1.29 is 14.7 Å². The summed E-state index contributed by atoms with van der Waals surface area (Å²) < 4.78 is 0. The van der Waals surface area contributed by atoms with Crippen LogP contribution in [0, 0.1) is 23.2 Å². The third-order valence-electron chi connectivity index (χ3n) is 7.38. The quantitative estimate of drug-likeness (QED) is 0.796. The summed E-state index contributed by atoms with van der Waals surface area (Å²) in [6.45, 7) is 6.48. The van der Waals surface area contributed by atoms with Crippen molar-refractivity contribution in [3.63, 3.8) is 0 Å². The lowest BCUT2D eigenvalue weighted by Crippen LogP contribution is -2.56. The number of benzene rings is 1. The van der Waals surface area contributed by atoms with Crippen molar-refractivity contribution in [3.8, 4) is 0 Å². The normalized spacial score (nSPS) is 32.2. The van der Waals surface area contributed by atoms with Crippen molar-refractivity contribution in [2.75, 3.05) is 0 Å². The lowest BCUT2D eigenvalue weighted by atomic mass is 9.49. The van der Waals surface area contributed by atoms with Crippen LogP contribution in [-0.4, -0.2) is 23.0 Å². The fourth-order valence-electron chi connectivity index (χ4n) is 6.28. The Morgan fingerprint density at radius 3 is 1.96 bits per heavy atom. The molecule has 0 spiro atoms. The topological polar surface area (TPSA) is 66.4 Å². The number of amides is 1. The zero-order valence-corrected chi connectivity index (χ0v) is 17.3. The maximum absolute atomic E-state index is 13.2. The van der Waals surface area contributed by atoms with E-state index >= 15 is 0 Å². The van der Waals surface area contributed by atoms with Gasteiger partial charge in [-0.2, -0.15) is 0 Å². The highest BCUT2D eigenvalue weighted by molar-refractivity contribution is 5.88. The van der Waals surface area contributed by atoms with E-state index in [1.165, 1.54) is 24.8 Å². The third-order valence-corrected chi connectivity index (χ3v) is 7.38. The van der Waals surface area contributed by atoms with Crippen LogP contribution in [0.2, 0.25) is 0 Å². The van der Waals surface area contributed by atoms with E-state index in [4.69, 9.17) is 0 Å². The molecular formula is C24H33NO3. The number of hydrogen-bond acceptors (Lipinski definition) is 2. The average Bonchev–Trinajstić information content (AvgIpc) is 2.59. The minimum Gasteiger partial charge on any atom is -0.480 e. The van der Waals surface area contributed by atoms with Gasteiger partial charge >= 0.3 is 5.97 Å². The van der Waals surface area contributed by atoms with Crippen LogP contribution in [0.5, 0.6) is 0 Å². The molecule has 0 saturated heterocycles. The Morgan fingerprint density at radius 2 is 1.54 bits per heavy atom. The lowest BCUT2D eigenvalue weighted by Gasteiger charge is -2.55. The minimum atomic E-state index is -0.946. The smallest absolute Gasteiger partial charge is 0.326 e. The van der Waals surface area contributed by atoms with Crippen molar-refractivity contribution in [1.29, 1.82) is 0 Å². The van der Waals surface area contributed by atoms with E-state index in [9.17, 15) is 14.7 Å². The molecule has 0 aliphatic heterocycles. The van der Waals surface area contributed by atoms with Crippen LogP contribution in [0.1, 0.15) is 70.4 Å². The van der Waals surface area contributed by atoms with Gasteiger partial charge in [0.25, 0.3) is 0 Å². The number of carboxylic acids is 1. The van der Waals surface area contributed by atoms with Gasteiger partial charge in [0.2, 0.25) is 5.91 Å². The Kier molecular flexibility index (Phi) is 4.79. The molecule has 1 amide bonds. The molecule has 4 bridgehead atoms. The highest BCUT2D eigenvalue weighted by atomic mass is 16.4. The standard InChI is InChI=1S/C24H33NO3/c1-23(2,3)19-6-4-15(5-7-19)11-20(21(26)27)25-22(28)24-12-16-8-17(13-24)10-18(9-16)14-24/h4-7,16-18,20H,8-14H2,1-3H3,(H,25,28)(H,26,27)/t16?,17?,18?,20-,24?/m1/s1. The fourth-order valence-corrected chi connectivity index (χ4v) is 6.28. The molecule has 0 heterocycles. The molecule has 2 N–H and O–H groups in total. The first-order valence-electron chi connectivity index (χ1n) is 10.8. The molecule has 1 aromatic rings. The molecule has 4 saturated carbocycles. The summed E-state index contributed by atoms with van der Waals surface area (Å²) in [6, 6.07) is 7.26. The zero-order valence-electron chi connectivity index (χ0n) is 17.3. The molecule has 0 radical (unpaired) electrons. The summed E-state index contributed by atoms with van der Waals surface area (Å²) in [5, 5.41) is 12.7. The van der Waals surface area contributed by atoms with Gasteiger partial charge in [-0.25, -0.2) is 4.79 Å². The Bertz CT molecular complexity index is 724. The number of aliphatic carboxylic acids is 1. The molecule has 1 aromatic carbocycles. The highest BCUT2D eigenvalue weighted by Crippen LogP contribution is 2.60. The highest BCUT2D eigenvalue weighted by Gasteiger charge is 2.54. The van der Waals surface area contributed by atoms with Gasteiger partial charge in [-0.15, -0.1) is 0 Å². The molecule has 4 aliphatic rings. The van der Waals surface area contributed by atoms with Crippen LogP contribution in [-0.2, 0) is 21.4 Å². The van der Waals surface area contributed by atoms with Gasteiger partial charge in [0.05, 0.1) is 0 Å². The maximum Gasteiger partial charge on any atom is 0.326 e. The van der Waals surface area contributed by atoms with Crippen molar-refractivity contribution in [3.05, 3.63) is 35.4 Å². The average molecular weight is 384 g/mol. The first-order chi connectivity index (χ1) is 13.1. The number of carbonyl (C=O) groups excluding carboxylic acids is 1. The summed E-state index contributed by atoms with van der Waals surface area (Å²) in [7, 11) is 0. The zero-order chi connectivity index (χ0) is 20.1. The van der Waals surface area contributed by atoms with Gasteiger partial charge in [0.1, 0.15) is 6.04 Å². The molecule has 28 heavy (non-hydrogen) atoms. The third kappa shape index (κ3) is 3.70. The number of carbonyl (C=O) groups is 2. The molecule has 4 nitrogen and oxygen atoms in total. The van der Waals surface area contributed by atoms with Crippen LogP contribution in [0.4, 0.5) is 0 Å². The molecule has 152 valence electrons. The number of rotatable bonds is 5. The van der Waals surface area contributed by atoms with E-state index in [0.29, 0.717) is 24.2 Å². The van der Waals surface area contributed by atoms with E-state index < -0.39 is 12.0 Å². The van der Waals surface area contributed by atoms with Gasteiger partial charge in [-0.3, -0.25) is 4.79 Å². The summed E-state index contributed by atoms with van der Waals surface area (Å²) in [5.74, 6) is 1.06. The van der Waals surface area contributed by atoms with Gasteiger partial charge in [0.15, 0.2) is 0 Å². The second kappa shape index (κ2) is 6.89. The van der Waals surface area contributed by atoms with Crippen LogP contribution >= 0.6 is 0 Å². The first kappa shape index (κ1) is 19.5. The van der Waals surface area contributed by atoms with E-state index in [-0.39, 0.29) is 16.7 Å². The van der Waals surface area contributed by atoms with Crippen LogP contribution in [0.25, 0.3) is 0 Å². The molecule has 0 unspecified atom stereocenters. The molecule has 1 atom stereocenters. The number of hydrogen-bond donors (Lipinski definition) is 2. The van der Waals surface area contributed by atoms with Crippen molar-refractivity contribution >= 4 is 11.9 Å². The Hall–Kier alpha value is -1.84. The fraction of sp³-hybridized carbons (Fsp3) is 0.667. The van der Waals surface area contributed by atoms with Crippen molar-refractivity contribution in [2.45, 2.75) is 77.2 Å². The predicted octanol–water partition coefficient (Wildman–Crippen LogP) is 4.31. The summed E-state index contributed by atoms with van der Waals surface area (Å²) >= 11 is 0. The Labute approximate surface area is 168 Å². The molecule has 4 fully saturated rings. The van der Waals surface area contributed by atoms with E-state index in [2.05, 4.69) is 38.2 Å². The molecule has 4 aliphatic carbocycles. The Balaban J connectivity index is 1.45.